The van der Waals surface area contributed by atoms with E-state index in [0.717, 1.165) is 32.0 Å². The van der Waals surface area contributed by atoms with E-state index in [4.69, 9.17) is 4.74 Å². The molecule has 1 aromatic rings. The fraction of sp³-hybridized carbons (Fsp3) is 0.636. The monoisotopic (exact) mass is 261 g/mol. The molecule has 100 valence electrons. The van der Waals surface area contributed by atoms with Gasteiger partial charge in [-0.05, 0) is 25.0 Å². The van der Waals surface area contributed by atoms with Crippen molar-refractivity contribution in [2.24, 2.45) is 0 Å². The van der Waals surface area contributed by atoms with Crippen molar-refractivity contribution in [2.45, 2.75) is 25.1 Å². The fourth-order valence-corrected chi connectivity index (χ4v) is 1.97. The molecule has 1 aliphatic heterocycles. The Bertz CT molecular complexity index is 386. The summed E-state index contributed by atoms with van der Waals surface area (Å²) in [5, 5.41) is 6.85. The third-order valence-electron chi connectivity index (χ3n) is 3.04. The highest BCUT2D eigenvalue weighted by atomic mass is 19.4. The number of anilines is 1. The highest BCUT2D eigenvalue weighted by Crippen LogP contribution is 2.28. The number of nitrogens with zero attached hydrogens (tertiary/aromatic N) is 3. The van der Waals surface area contributed by atoms with Gasteiger partial charge in [0.15, 0.2) is 11.5 Å². The van der Waals surface area contributed by atoms with Crippen LogP contribution in [0.3, 0.4) is 0 Å². The van der Waals surface area contributed by atoms with Gasteiger partial charge in [-0.2, -0.15) is 13.2 Å². The van der Waals surface area contributed by atoms with E-state index in [1.807, 2.05) is 4.90 Å². The molecule has 0 atom stereocenters. The minimum Gasteiger partial charge on any atom is -0.381 e. The quantitative estimate of drug-likeness (QED) is 0.817. The molecule has 0 amide bonds. The molecule has 0 saturated carbocycles. The summed E-state index contributed by atoms with van der Waals surface area (Å²) in [6, 6.07) is 2.33. The van der Waals surface area contributed by atoms with Gasteiger partial charge in [0, 0.05) is 20.2 Å². The zero-order valence-electron chi connectivity index (χ0n) is 9.94. The molecule has 1 fully saturated rings. The molecule has 1 aliphatic rings. The standard InChI is InChI=1S/C11H14F3N3O/c1-18-8-4-6-17(7-5-8)10-3-2-9(15-16-10)11(12,13)14/h2-3,8H,4-7H2,1H3. The fourth-order valence-electron chi connectivity index (χ4n) is 1.97. The molecular formula is C11H14F3N3O. The summed E-state index contributed by atoms with van der Waals surface area (Å²) >= 11 is 0. The lowest BCUT2D eigenvalue weighted by atomic mass is 10.1. The Kier molecular flexibility index (Phi) is 3.70. The van der Waals surface area contributed by atoms with Gasteiger partial charge in [-0.15, -0.1) is 10.2 Å². The van der Waals surface area contributed by atoms with Crippen LogP contribution < -0.4 is 4.90 Å². The summed E-state index contributed by atoms with van der Waals surface area (Å²) in [5.74, 6) is 0.484. The second-order valence-electron chi connectivity index (χ2n) is 4.20. The van der Waals surface area contributed by atoms with E-state index >= 15 is 0 Å². The van der Waals surface area contributed by atoms with Crippen molar-refractivity contribution in [3.05, 3.63) is 17.8 Å². The number of ether oxygens (including phenoxy) is 1. The molecule has 2 heterocycles. The van der Waals surface area contributed by atoms with Gasteiger partial charge in [-0.3, -0.25) is 0 Å². The van der Waals surface area contributed by atoms with Gasteiger partial charge >= 0.3 is 6.18 Å². The number of hydrogen-bond acceptors (Lipinski definition) is 4. The molecule has 7 heteroatoms. The Morgan fingerprint density at radius 3 is 2.33 bits per heavy atom. The minimum atomic E-state index is -4.44. The van der Waals surface area contributed by atoms with E-state index in [1.165, 1.54) is 6.07 Å². The third-order valence-corrected chi connectivity index (χ3v) is 3.04. The summed E-state index contributed by atoms with van der Waals surface area (Å²) in [6.45, 7) is 1.44. The summed E-state index contributed by atoms with van der Waals surface area (Å²) in [5.41, 5.74) is -0.960. The Morgan fingerprint density at radius 1 is 1.22 bits per heavy atom. The molecule has 2 rings (SSSR count). The summed E-state index contributed by atoms with van der Waals surface area (Å²) in [4.78, 5) is 1.92. The van der Waals surface area contributed by atoms with E-state index in [2.05, 4.69) is 10.2 Å². The summed E-state index contributed by atoms with van der Waals surface area (Å²) < 4.78 is 42.2. The molecule has 0 N–H and O–H groups in total. The van der Waals surface area contributed by atoms with Crippen LogP contribution in [0.4, 0.5) is 19.0 Å². The smallest absolute Gasteiger partial charge is 0.381 e. The lowest BCUT2D eigenvalue weighted by Gasteiger charge is -2.31. The molecule has 0 bridgehead atoms. The van der Waals surface area contributed by atoms with Gasteiger partial charge in [0.25, 0.3) is 0 Å². The molecule has 0 aliphatic carbocycles. The van der Waals surface area contributed by atoms with E-state index in [-0.39, 0.29) is 6.10 Å². The van der Waals surface area contributed by atoms with E-state index in [1.54, 1.807) is 7.11 Å². The van der Waals surface area contributed by atoms with Crippen molar-refractivity contribution in [3.8, 4) is 0 Å². The molecule has 0 aromatic carbocycles. The largest absolute Gasteiger partial charge is 0.435 e. The van der Waals surface area contributed by atoms with Crippen LogP contribution in [-0.2, 0) is 10.9 Å². The van der Waals surface area contributed by atoms with Gasteiger partial charge < -0.3 is 9.64 Å². The summed E-state index contributed by atoms with van der Waals surface area (Å²) in [6.07, 6.45) is -2.52. The van der Waals surface area contributed by atoms with Crippen LogP contribution in [0.1, 0.15) is 18.5 Å². The van der Waals surface area contributed by atoms with Crippen molar-refractivity contribution in [3.63, 3.8) is 0 Å². The minimum absolute atomic E-state index is 0.226. The van der Waals surface area contributed by atoms with E-state index in [9.17, 15) is 13.2 Å². The third kappa shape index (κ3) is 2.90. The Balaban J connectivity index is 2.02. The first-order chi connectivity index (χ1) is 8.50. The number of alkyl halides is 3. The Morgan fingerprint density at radius 2 is 1.89 bits per heavy atom. The maximum Gasteiger partial charge on any atom is 0.435 e. The van der Waals surface area contributed by atoms with Crippen molar-refractivity contribution in [1.29, 1.82) is 0 Å². The summed E-state index contributed by atoms with van der Waals surface area (Å²) in [7, 11) is 1.66. The average molecular weight is 261 g/mol. The van der Waals surface area contributed by atoms with Crippen LogP contribution in [0, 0.1) is 0 Å². The molecular weight excluding hydrogens is 247 g/mol. The van der Waals surface area contributed by atoms with E-state index in [0.29, 0.717) is 5.82 Å². The SMILES string of the molecule is COC1CCN(c2ccc(C(F)(F)F)nn2)CC1. The average Bonchev–Trinajstić information content (AvgIpc) is 2.38. The predicted molar refractivity (Wildman–Crippen MR) is 59.3 cm³/mol. The molecule has 1 aromatic heterocycles. The second-order valence-corrected chi connectivity index (χ2v) is 4.20. The number of halogens is 3. The zero-order chi connectivity index (χ0) is 13.2. The Hall–Kier alpha value is -1.37. The lowest BCUT2D eigenvalue weighted by Crippen LogP contribution is -2.37. The topological polar surface area (TPSA) is 38.2 Å². The first kappa shape index (κ1) is 13.1. The predicted octanol–water partition coefficient (Wildman–Crippen LogP) is 2.11. The van der Waals surface area contributed by atoms with Gasteiger partial charge in [0.1, 0.15) is 0 Å². The maximum atomic E-state index is 12.3. The van der Waals surface area contributed by atoms with Crippen molar-refractivity contribution in [1.82, 2.24) is 10.2 Å². The van der Waals surface area contributed by atoms with Crippen molar-refractivity contribution in [2.75, 3.05) is 25.1 Å². The molecule has 4 nitrogen and oxygen atoms in total. The first-order valence-electron chi connectivity index (χ1n) is 5.69. The lowest BCUT2D eigenvalue weighted by molar-refractivity contribution is -0.141. The molecule has 0 radical (unpaired) electrons. The van der Waals surface area contributed by atoms with Crippen molar-refractivity contribution >= 4 is 5.82 Å². The number of piperidine rings is 1. The van der Waals surface area contributed by atoms with Crippen LogP contribution >= 0.6 is 0 Å². The zero-order valence-corrected chi connectivity index (χ0v) is 9.94. The van der Waals surface area contributed by atoms with Crippen molar-refractivity contribution < 1.29 is 17.9 Å². The Labute approximate surface area is 103 Å². The van der Waals surface area contributed by atoms with E-state index < -0.39 is 11.9 Å². The van der Waals surface area contributed by atoms with Crippen LogP contribution in [-0.4, -0.2) is 36.5 Å². The molecule has 0 unspecified atom stereocenters. The highest BCUT2D eigenvalue weighted by molar-refractivity contribution is 5.38. The number of methoxy groups -OCH3 is 1. The van der Waals surface area contributed by atoms with Gasteiger partial charge in [-0.1, -0.05) is 0 Å². The van der Waals surface area contributed by atoms with Crippen LogP contribution in [0.15, 0.2) is 12.1 Å². The maximum absolute atomic E-state index is 12.3. The first-order valence-corrected chi connectivity index (χ1v) is 5.69. The van der Waals surface area contributed by atoms with Crippen LogP contribution in [0.2, 0.25) is 0 Å². The normalized spacial score (nSPS) is 18.1. The van der Waals surface area contributed by atoms with Crippen LogP contribution in [0.25, 0.3) is 0 Å². The highest BCUT2D eigenvalue weighted by Gasteiger charge is 2.33. The number of rotatable bonds is 2. The van der Waals surface area contributed by atoms with Crippen LogP contribution in [0.5, 0.6) is 0 Å². The van der Waals surface area contributed by atoms with Gasteiger partial charge in [0.05, 0.1) is 6.10 Å². The second kappa shape index (κ2) is 5.09. The van der Waals surface area contributed by atoms with Gasteiger partial charge in [-0.25, -0.2) is 0 Å². The molecule has 0 spiro atoms. The number of hydrogen-bond donors (Lipinski definition) is 0. The number of aromatic nitrogens is 2. The molecule has 18 heavy (non-hydrogen) atoms. The molecule has 1 saturated heterocycles. The van der Waals surface area contributed by atoms with Gasteiger partial charge in [0.2, 0.25) is 0 Å².